The predicted molar refractivity (Wildman–Crippen MR) is 266 cm³/mol. The smallest absolute Gasteiger partial charge is 0.0737 e. The van der Waals surface area contributed by atoms with E-state index in [1.54, 1.807) is 0 Å². The number of rotatable bonds is 6. The van der Waals surface area contributed by atoms with Crippen molar-refractivity contribution in [3.8, 4) is 22.3 Å². The van der Waals surface area contributed by atoms with E-state index < -0.39 is 5.41 Å². The van der Waals surface area contributed by atoms with Crippen molar-refractivity contribution < 1.29 is 0 Å². The molecule has 0 bridgehead atoms. The summed E-state index contributed by atoms with van der Waals surface area (Å²) in [7, 11) is 0. The van der Waals surface area contributed by atoms with Gasteiger partial charge in [-0.15, -0.1) is 0 Å². The Kier molecular flexibility index (Phi) is 8.36. The molecule has 0 atom stereocenters. The van der Waals surface area contributed by atoms with Crippen LogP contribution in [0.25, 0.3) is 43.8 Å². The van der Waals surface area contributed by atoms with Crippen molar-refractivity contribution in [2.24, 2.45) is 0 Å². The summed E-state index contributed by atoms with van der Waals surface area (Å²) >= 11 is 0. The predicted octanol–water partition coefficient (Wildman–Crippen LogP) is 16.5. The number of para-hydroxylation sites is 2. The lowest BCUT2D eigenvalue weighted by molar-refractivity contribution is 0.809. The first-order valence-electron chi connectivity index (χ1n) is 22.1. The van der Waals surface area contributed by atoms with Crippen LogP contribution in [0.4, 0.5) is 34.1 Å². The maximum atomic E-state index is 2.40. The molecule has 0 saturated carbocycles. The number of hydrogen-bond donors (Lipinski definition) is 0. The van der Waals surface area contributed by atoms with Crippen LogP contribution in [-0.2, 0) is 5.41 Å². The monoisotopic (exact) mass is 806 g/mol. The summed E-state index contributed by atoms with van der Waals surface area (Å²) in [6.45, 7) is 8.77. The first-order valence-corrected chi connectivity index (χ1v) is 22.1. The lowest BCUT2D eigenvalue weighted by Gasteiger charge is -2.33. The molecule has 10 aromatic carbocycles. The summed E-state index contributed by atoms with van der Waals surface area (Å²) in [4.78, 5) is 4.79. The van der Waals surface area contributed by atoms with Crippen LogP contribution in [0.3, 0.4) is 0 Å². The minimum absolute atomic E-state index is 0.528. The van der Waals surface area contributed by atoms with Gasteiger partial charge in [-0.05, 0) is 189 Å². The van der Waals surface area contributed by atoms with E-state index in [1.807, 2.05) is 0 Å². The highest BCUT2D eigenvalue weighted by molar-refractivity contribution is 6.10. The van der Waals surface area contributed by atoms with E-state index in [-0.39, 0.29) is 0 Å². The molecule has 63 heavy (non-hydrogen) atoms. The van der Waals surface area contributed by atoms with Crippen LogP contribution in [-0.4, -0.2) is 0 Å². The topological polar surface area (TPSA) is 6.48 Å². The molecule has 0 aliphatic heterocycles. The van der Waals surface area contributed by atoms with E-state index in [1.165, 1.54) is 88.3 Å². The summed E-state index contributed by atoms with van der Waals surface area (Å²) in [5, 5.41) is 5.01. The van der Waals surface area contributed by atoms with E-state index in [0.29, 0.717) is 0 Å². The summed E-state index contributed by atoms with van der Waals surface area (Å²) in [5.74, 6) is 0. The number of aryl methyl sites for hydroxylation is 4. The molecule has 2 heteroatoms. The van der Waals surface area contributed by atoms with Crippen LogP contribution in [0.2, 0.25) is 0 Å². The Bertz CT molecular complexity index is 3220. The van der Waals surface area contributed by atoms with E-state index in [9.17, 15) is 0 Å². The van der Waals surface area contributed by atoms with Gasteiger partial charge in [-0.3, -0.25) is 0 Å². The third-order valence-corrected chi connectivity index (χ3v) is 14.0. The fraction of sp³-hybridized carbons (Fsp3) is 0.0820. The summed E-state index contributed by atoms with van der Waals surface area (Å²) in [6, 6.07) is 77.2. The van der Waals surface area contributed by atoms with Crippen LogP contribution in [0.15, 0.2) is 206 Å². The maximum absolute atomic E-state index is 2.40. The molecule has 2 aliphatic carbocycles. The van der Waals surface area contributed by atoms with Gasteiger partial charge in [-0.2, -0.15) is 0 Å². The Morgan fingerprint density at radius 3 is 1.10 bits per heavy atom. The highest BCUT2D eigenvalue weighted by Crippen LogP contribution is 2.65. The Morgan fingerprint density at radius 2 is 0.667 bits per heavy atom. The Morgan fingerprint density at radius 1 is 0.286 bits per heavy atom. The Hall–Kier alpha value is -7.68. The molecular formula is C61H46N2. The van der Waals surface area contributed by atoms with E-state index in [4.69, 9.17) is 0 Å². The molecule has 0 radical (unpaired) electrons. The summed E-state index contributed by atoms with van der Waals surface area (Å²) in [5.41, 5.74) is 22.1. The standard InChI is InChI=1S/C61H46N2/c1-39-23-27-47(35-41(39)3)62(45-15-7-5-8-16-45)49-29-33-51-43(37-49)25-31-55-56-32-26-44-38-50(63(46-17-9-6-10-18-46)48-28-24-40(2)42(4)36-48)30-34-52(44)60(56)61(59(51)55)57-21-13-11-19-53(57)54-20-12-14-22-58(54)61/h5-38H,1-4H3. The largest absolute Gasteiger partial charge is 0.310 e. The molecule has 2 nitrogen and oxygen atoms in total. The van der Waals surface area contributed by atoms with Gasteiger partial charge in [0.1, 0.15) is 0 Å². The van der Waals surface area contributed by atoms with Crippen molar-refractivity contribution in [2.75, 3.05) is 9.80 Å². The van der Waals surface area contributed by atoms with Gasteiger partial charge in [-0.25, -0.2) is 0 Å². The first-order chi connectivity index (χ1) is 30.9. The van der Waals surface area contributed by atoms with Crippen LogP contribution in [0.1, 0.15) is 44.5 Å². The molecule has 0 amide bonds. The molecule has 0 heterocycles. The van der Waals surface area contributed by atoms with E-state index >= 15 is 0 Å². The van der Waals surface area contributed by atoms with Gasteiger partial charge >= 0.3 is 0 Å². The normalized spacial score (nSPS) is 12.9. The van der Waals surface area contributed by atoms with Gasteiger partial charge in [0.2, 0.25) is 0 Å². The average molecular weight is 807 g/mol. The van der Waals surface area contributed by atoms with Crippen molar-refractivity contribution in [3.63, 3.8) is 0 Å². The molecule has 300 valence electrons. The second kappa shape index (κ2) is 14.2. The zero-order valence-electron chi connectivity index (χ0n) is 36.0. The molecule has 0 N–H and O–H groups in total. The SMILES string of the molecule is Cc1ccc(N(c2ccccc2)c2ccc3c4c(ccc3c2)-c2ccc3cc(N(c5ccccc5)c5ccc(C)c(C)c5)ccc3c2C42c3ccccc3-c3ccccc32)cc1C. The number of benzene rings is 10. The fourth-order valence-electron chi connectivity index (χ4n) is 10.8. The number of nitrogens with zero attached hydrogens (tertiary/aromatic N) is 2. The molecule has 2 aliphatic rings. The van der Waals surface area contributed by atoms with Crippen LogP contribution in [0.5, 0.6) is 0 Å². The van der Waals surface area contributed by atoms with Crippen LogP contribution < -0.4 is 9.80 Å². The van der Waals surface area contributed by atoms with Crippen LogP contribution in [0, 0.1) is 27.7 Å². The van der Waals surface area contributed by atoms with E-state index in [0.717, 1.165) is 34.1 Å². The van der Waals surface area contributed by atoms with Gasteiger partial charge in [0.05, 0.1) is 5.41 Å². The Labute approximate surface area is 370 Å². The molecule has 0 aromatic heterocycles. The summed E-state index contributed by atoms with van der Waals surface area (Å²) in [6.07, 6.45) is 0. The van der Waals surface area contributed by atoms with Gasteiger partial charge in [-0.1, -0.05) is 133 Å². The van der Waals surface area contributed by atoms with Crippen molar-refractivity contribution in [3.05, 3.63) is 251 Å². The number of anilines is 6. The van der Waals surface area contributed by atoms with Gasteiger partial charge < -0.3 is 9.80 Å². The molecule has 12 rings (SSSR count). The Balaban J connectivity index is 1.11. The number of fused-ring (bicyclic) bond motifs is 14. The highest BCUT2D eigenvalue weighted by Gasteiger charge is 2.53. The van der Waals surface area contributed by atoms with Crippen molar-refractivity contribution in [2.45, 2.75) is 33.1 Å². The molecule has 0 saturated heterocycles. The zero-order valence-corrected chi connectivity index (χ0v) is 36.0. The third-order valence-electron chi connectivity index (χ3n) is 14.0. The quantitative estimate of drug-likeness (QED) is 0.165. The van der Waals surface area contributed by atoms with Crippen molar-refractivity contribution >= 4 is 55.7 Å². The molecular weight excluding hydrogens is 761 g/mol. The minimum atomic E-state index is -0.528. The second-order valence-electron chi connectivity index (χ2n) is 17.5. The molecule has 0 unspecified atom stereocenters. The zero-order chi connectivity index (χ0) is 42.4. The summed E-state index contributed by atoms with van der Waals surface area (Å²) < 4.78 is 0. The minimum Gasteiger partial charge on any atom is -0.310 e. The number of hydrogen-bond acceptors (Lipinski definition) is 2. The maximum Gasteiger partial charge on any atom is 0.0737 e. The lowest BCUT2D eigenvalue weighted by Crippen LogP contribution is -2.26. The first kappa shape index (κ1) is 37.1. The van der Waals surface area contributed by atoms with Crippen molar-refractivity contribution in [1.29, 1.82) is 0 Å². The molecule has 0 fully saturated rings. The van der Waals surface area contributed by atoms with Crippen LogP contribution >= 0.6 is 0 Å². The average Bonchev–Trinajstić information content (AvgIpc) is 3.80. The highest BCUT2D eigenvalue weighted by atomic mass is 15.1. The third kappa shape index (κ3) is 5.51. The fourth-order valence-corrected chi connectivity index (χ4v) is 10.8. The van der Waals surface area contributed by atoms with E-state index in [2.05, 4.69) is 244 Å². The molecule has 1 spiro atoms. The molecule has 10 aromatic rings. The van der Waals surface area contributed by atoms with Crippen molar-refractivity contribution in [1.82, 2.24) is 0 Å². The van der Waals surface area contributed by atoms with Gasteiger partial charge in [0, 0.05) is 34.1 Å². The second-order valence-corrected chi connectivity index (χ2v) is 17.5. The van der Waals surface area contributed by atoms with Gasteiger partial charge in [0.25, 0.3) is 0 Å². The lowest BCUT2D eigenvalue weighted by atomic mass is 9.68. The van der Waals surface area contributed by atoms with Gasteiger partial charge in [0.15, 0.2) is 0 Å².